The van der Waals surface area contributed by atoms with Crippen LogP contribution in [0.15, 0.2) is 42.7 Å². The number of pyridine rings is 1. The first kappa shape index (κ1) is 24.1. The van der Waals surface area contributed by atoms with E-state index in [2.05, 4.69) is 15.0 Å². The molecule has 0 radical (unpaired) electrons. The quantitative estimate of drug-likeness (QED) is 0.347. The van der Waals surface area contributed by atoms with Crippen molar-refractivity contribution in [3.8, 4) is 5.75 Å². The predicted molar refractivity (Wildman–Crippen MR) is 116 cm³/mol. The van der Waals surface area contributed by atoms with Crippen LogP contribution in [0.1, 0.15) is 41.8 Å². The van der Waals surface area contributed by atoms with E-state index in [0.717, 1.165) is 5.56 Å². The molecule has 2 N–H and O–H groups in total. The van der Waals surface area contributed by atoms with Crippen LogP contribution in [0.3, 0.4) is 0 Å². The molecule has 0 saturated heterocycles. The first-order chi connectivity index (χ1) is 15.9. The second-order valence-corrected chi connectivity index (χ2v) is 7.32. The molecule has 0 bridgehead atoms. The fraction of sp³-hybridized carbons (Fsp3) is 0.364. The molecular weight excluding hydrogens is 431 g/mol. The molecule has 1 aliphatic rings. The number of aromatic nitrogens is 1. The first-order valence-corrected chi connectivity index (χ1v) is 10.6. The Morgan fingerprint density at radius 2 is 2.09 bits per heavy atom. The number of amides is 1. The molecule has 0 fully saturated rings. The average Bonchev–Trinajstić information content (AvgIpc) is 2.78. The van der Waals surface area contributed by atoms with E-state index < -0.39 is 31.5 Å². The Balaban J connectivity index is 1.60. The van der Waals surface area contributed by atoms with Crippen molar-refractivity contribution in [2.24, 2.45) is 0 Å². The lowest BCUT2D eigenvalue weighted by atomic mass is 9.72. The summed E-state index contributed by atoms with van der Waals surface area (Å²) in [5.74, 6) is -1.57. The maximum Gasteiger partial charge on any atom is 0.547 e. The highest BCUT2D eigenvalue weighted by Gasteiger charge is 2.38. The third-order valence-electron chi connectivity index (χ3n) is 4.85. The van der Waals surface area contributed by atoms with Gasteiger partial charge in [0.1, 0.15) is 11.3 Å². The van der Waals surface area contributed by atoms with Gasteiger partial charge in [-0.05, 0) is 43.0 Å². The summed E-state index contributed by atoms with van der Waals surface area (Å²) in [7, 11) is -1.36. The summed E-state index contributed by atoms with van der Waals surface area (Å²) in [4.78, 5) is 40.3. The molecular formula is C22H25BN2O8. The van der Waals surface area contributed by atoms with Gasteiger partial charge in [-0.15, -0.1) is 0 Å². The van der Waals surface area contributed by atoms with E-state index in [9.17, 15) is 19.4 Å². The van der Waals surface area contributed by atoms with Gasteiger partial charge in [-0.3, -0.25) is 9.78 Å². The summed E-state index contributed by atoms with van der Waals surface area (Å²) in [5, 5.41) is 13.2. The third-order valence-corrected chi connectivity index (χ3v) is 4.85. The summed E-state index contributed by atoms with van der Waals surface area (Å²) >= 11 is 0. The number of fused-ring (bicyclic) bond motifs is 1. The molecule has 33 heavy (non-hydrogen) atoms. The van der Waals surface area contributed by atoms with E-state index in [0.29, 0.717) is 12.0 Å². The Hall–Kier alpha value is -3.60. The van der Waals surface area contributed by atoms with Crippen LogP contribution in [-0.4, -0.2) is 54.0 Å². The molecule has 1 aromatic carbocycles. The highest BCUT2D eigenvalue weighted by atomic mass is 16.8. The third kappa shape index (κ3) is 6.69. The Labute approximate surface area is 191 Å². The molecule has 10 nitrogen and oxygen atoms in total. The molecule has 174 valence electrons. The van der Waals surface area contributed by atoms with Gasteiger partial charge in [-0.2, -0.15) is 0 Å². The van der Waals surface area contributed by atoms with Crippen molar-refractivity contribution in [2.75, 3.05) is 6.61 Å². The molecule has 1 unspecified atom stereocenters. The number of esters is 1. The van der Waals surface area contributed by atoms with Crippen molar-refractivity contribution in [1.82, 2.24) is 10.3 Å². The maximum absolute atomic E-state index is 12.6. The molecule has 2 atom stereocenters. The maximum atomic E-state index is 12.6. The smallest absolute Gasteiger partial charge is 0.534 e. The molecule has 1 aliphatic heterocycles. The molecule has 0 spiro atoms. The van der Waals surface area contributed by atoms with Crippen LogP contribution >= 0.6 is 0 Å². The number of nitrogens with zero attached hydrogens (tertiary/aromatic N) is 1. The normalized spacial score (nSPS) is 15.5. The van der Waals surface area contributed by atoms with E-state index in [1.54, 1.807) is 37.5 Å². The summed E-state index contributed by atoms with van der Waals surface area (Å²) in [6.45, 7) is 3.11. The van der Waals surface area contributed by atoms with Gasteiger partial charge in [0.05, 0.1) is 12.5 Å². The molecule has 0 aliphatic carbocycles. The number of para-hydroxylation sites is 1. The Bertz CT molecular complexity index is 988. The summed E-state index contributed by atoms with van der Waals surface area (Å²) in [6, 6.07) is 8.52. The van der Waals surface area contributed by atoms with Gasteiger partial charge in [0.2, 0.25) is 12.2 Å². The van der Waals surface area contributed by atoms with Crippen LogP contribution in [0.2, 0.25) is 0 Å². The van der Waals surface area contributed by atoms with E-state index >= 15 is 0 Å². The zero-order valence-corrected chi connectivity index (χ0v) is 18.4. The predicted octanol–water partition coefficient (Wildman–Crippen LogP) is 1.83. The number of nitrogens with one attached hydrogen (secondary N) is 1. The number of aryl methyl sites for hydroxylation is 1. The minimum Gasteiger partial charge on any atom is -0.534 e. The largest absolute Gasteiger partial charge is 0.547 e. The zero-order chi connectivity index (χ0) is 23.8. The van der Waals surface area contributed by atoms with E-state index in [1.165, 1.54) is 13.0 Å². The van der Waals surface area contributed by atoms with Gasteiger partial charge in [-0.1, -0.05) is 18.2 Å². The number of rotatable bonds is 8. The highest BCUT2D eigenvalue weighted by Crippen LogP contribution is 2.31. The molecule has 1 aromatic heterocycles. The topological polar surface area (TPSA) is 133 Å². The Kier molecular flexibility index (Phi) is 8.25. The van der Waals surface area contributed by atoms with Crippen LogP contribution in [-0.2, 0) is 31.8 Å². The monoisotopic (exact) mass is 456 g/mol. The first-order valence-electron chi connectivity index (χ1n) is 10.6. The van der Waals surface area contributed by atoms with Crippen molar-refractivity contribution in [1.29, 1.82) is 0 Å². The molecule has 1 amide bonds. The summed E-state index contributed by atoms with van der Waals surface area (Å²) in [5.41, 5.74) is 1.61. The van der Waals surface area contributed by atoms with Crippen LogP contribution in [0.4, 0.5) is 4.79 Å². The van der Waals surface area contributed by atoms with E-state index in [1.807, 2.05) is 6.07 Å². The van der Waals surface area contributed by atoms with Gasteiger partial charge in [0.25, 0.3) is 0 Å². The molecule has 0 saturated carbocycles. The van der Waals surface area contributed by atoms with Gasteiger partial charge < -0.3 is 29.2 Å². The molecule has 2 aromatic rings. The number of hydrogen-bond acceptors (Lipinski definition) is 9. The SMILES string of the molecule is CCOC(=O)OC(C)OC(=O)c1cccc2c1OB(O)[C@@H](NC(=O)CCc1cccnc1)C2. The van der Waals surface area contributed by atoms with Gasteiger partial charge in [0, 0.05) is 25.7 Å². The number of benzene rings is 1. The number of carbonyl (C=O) groups excluding carboxylic acids is 3. The lowest BCUT2D eigenvalue weighted by Crippen LogP contribution is -2.53. The second-order valence-electron chi connectivity index (χ2n) is 7.32. The zero-order valence-electron chi connectivity index (χ0n) is 18.4. The average molecular weight is 456 g/mol. The Morgan fingerprint density at radius 1 is 1.27 bits per heavy atom. The molecule has 2 heterocycles. The Morgan fingerprint density at radius 3 is 2.82 bits per heavy atom. The fourth-order valence-corrected chi connectivity index (χ4v) is 3.32. The van der Waals surface area contributed by atoms with Gasteiger partial charge in [-0.25, -0.2) is 9.59 Å². The second kappa shape index (κ2) is 11.3. The lowest BCUT2D eigenvalue weighted by Gasteiger charge is -2.29. The minimum absolute atomic E-state index is 0.0622. The summed E-state index contributed by atoms with van der Waals surface area (Å²) < 4.78 is 20.1. The fourth-order valence-electron chi connectivity index (χ4n) is 3.32. The van der Waals surface area contributed by atoms with Gasteiger partial charge >= 0.3 is 19.2 Å². The van der Waals surface area contributed by atoms with Crippen LogP contribution in [0, 0.1) is 0 Å². The standard InChI is InChI=1S/C22H25BN2O8/c1-3-30-22(28)32-14(2)31-21(27)17-8-4-7-16-12-18(23(29)33-20(16)17)25-19(26)10-9-15-6-5-11-24-13-15/h4-8,11,13-14,18,29H,3,9-10,12H2,1-2H3,(H,25,26)/t14?,18-/m0/s1. The van der Waals surface area contributed by atoms with Crippen molar-refractivity contribution in [3.05, 3.63) is 59.4 Å². The number of ether oxygens (including phenoxy) is 3. The van der Waals surface area contributed by atoms with E-state index in [-0.39, 0.29) is 36.7 Å². The van der Waals surface area contributed by atoms with Crippen molar-refractivity contribution in [3.63, 3.8) is 0 Å². The molecule has 11 heteroatoms. The van der Waals surface area contributed by atoms with E-state index in [4.69, 9.17) is 14.1 Å². The van der Waals surface area contributed by atoms with Crippen molar-refractivity contribution < 1.29 is 38.3 Å². The number of carbonyl (C=O) groups is 3. The van der Waals surface area contributed by atoms with Gasteiger partial charge in [0.15, 0.2) is 0 Å². The van der Waals surface area contributed by atoms with Crippen molar-refractivity contribution >= 4 is 25.2 Å². The lowest BCUT2D eigenvalue weighted by molar-refractivity contribution is -0.121. The van der Waals surface area contributed by atoms with Crippen LogP contribution in [0.5, 0.6) is 5.75 Å². The van der Waals surface area contributed by atoms with Crippen LogP contribution < -0.4 is 9.97 Å². The highest BCUT2D eigenvalue weighted by molar-refractivity contribution is 6.47. The van der Waals surface area contributed by atoms with Crippen molar-refractivity contribution in [2.45, 2.75) is 45.3 Å². The number of hydrogen-bond donors (Lipinski definition) is 2. The summed E-state index contributed by atoms with van der Waals surface area (Å²) in [6.07, 6.45) is 2.21. The minimum atomic E-state index is -1.36. The molecule has 3 rings (SSSR count). The van der Waals surface area contributed by atoms with Crippen LogP contribution in [0.25, 0.3) is 0 Å².